The molecule has 0 radical (unpaired) electrons. The Labute approximate surface area is 92.2 Å². The Morgan fingerprint density at radius 3 is 2.25 bits per heavy atom. The fraction of sp³-hybridized carbons (Fsp3) is 0.889. The van der Waals surface area contributed by atoms with Gasteiger partial charge in [-0.05, 0) is 0 Å². The lowest BCUT2D eigenvalue weighted by Crippen LogP contribution is -2.42. The fourth-order valence-corrected chi connectivity index (χ4v) is 0.832. The summed E-state index contributed by atoms with van der Waals surface area (Å²) < 4.78 is 35.1. The molecule has 0 fully saturated rings. The van der Waals surface area contributed by atoms with Crippen LogP contribution in [0.4, 0.5) is 13.2 Å². The van der Waals surface area contributed by atoms with Crippen LogP contribution < -0.4 is 10.6 Å². The van der Waals surface area contributed by atoms with Crippen LogP contribution in [0.15, 0.2) is 0 Å². The van der Waals surface area contributed by atoms with Gasteiger partial charge >= 0.3 is 6.18 Å². The van der Waals surface area contributed by atoms with Gasteiger partial charge in [0.2, 0.25) is 5.91 Å². The van der Waals surface area contributed by atoms with Gasteiger partial charge in [-0.1, -0.05) is 13.8 Å². The third-order valence-corrected chi connectivity index (χ3v) is 1.80. The molecular weight excluding hydrogens is 225 g/mol. The summed E-state index contributed by atoms with van der Waals surface area (Å²) in [5, 5.41) is 13.3. The number of rotatable bonds is 6. The highest BCUT2D eigenvalue weighted by atomic mass is 19.4. The van der Waals surface area contributed by atoms with Crippen molar-refractivity contribution in [2.45, 2.75) is 20.0 Å². The van der Waals surface area contributed by atoms with Gasteiger partial charge in [0, 0.05) is 18.6 Å². The maximum Gasteiger partial charge on any atom is 0.405 e. The van der Waals surface area contributed by atoms with E-state index in [1.807, 2.05) is 0 Å². The lowest BCUT2D eigenvalue weighted by molar-refractivity contribution is -0.137. The van der Waals surface area contributed by atoms with Gasteiger partial charge in [0.15, 0.2) is 0 Å². The predicted molar refractivity (Wildman–Crippen MR) is 52.8 cm³/mol. The van der Waals surface area contributed by atoms with Crippen molar-refractivity contribution in [2.75, 3.05) is 26.2 Å². The van der Waals surface area contributed by atoms with Crippen LogP contribution in [-0.2, 0) is 4.79 Å². The van der Waals surface area contributed by atoms with E-state index in [2.05, 4.69) is 5.32 Å². The Bertz CT molecular complexity index is 229. The highest BCUT2D eigenvalue weighted by molar-refractivity contribution is 5.77. The van der Waals surface area contributed by atoms with E-state index in [0.717, 1.165) is 0 Å². The predicted octanol–water partition coefficient (Wildman–Crippen LogP) is 0.273. The minimum Gasteiger partial charge on any atom is -0.396 e. The van der Waals surface area contributed by atoms with Crippen LogP contribution in [-0.4, -0.2) is 43.4 Å². The molecule has 0 saturated heterocycles. The molecule has 0 heterocycles. The van der Waals surface area contributed by atoms with Crippen LogP contribution >= 0.6 is 0 Å². The summed E-state index contributed by atoms with van der Waals surface area (Å²) in [7, 11) is 0. The van der Waals surface area contributed by atoms with Gasteiger partial charge in [-0.3, -0.25) is 4.79 Å². The molecular formula is C9H17F3N2O2. The van der Waals surface area contributed by atoms with E-state index in [1.165, 1.54) is 0 Å². The zero-order valence-electron chi connectivity index (χ0n) is 9.32. The second-order valence-corrected chi connectivity index (χ2v) is 4.32. The Balaban J connectivity index is 3.67. The molecule has 0 aromatic rings. The minimum atomic E-state index is -4.39. The molecule has 0 saturated carbocycles. The van der Waals surface area contributed by atoms with E-state index in [-0.39, 0.29) is 13.2 Å². The molecule has 0 aliphatic carbocycles. The number of aliphatic hydroxyl groups is 1. The summed E-state index contributed by atoms with van der Waals surface area (Å²) in [6, 6.07) is 0. The maximum absolute atomic E-state index is 11.7. The molecule has 3 N–H and O–H groups in total. The number of aliphatic hydroxyl groups excluding tert-OH is 1. The Kier molecular flexibility index (Phi) is 5.74. The van der Waals surface area contributed by atoms with Gasteiger partial charge in [-0.15, -0.1) is 0 Å². The standard InChI is InChI=1S/C9H17F3N2O2/c1-8(2,6-15)4-13-3-7(16)14-5-9(10,11)12/h13,15H,3-6H2,1-2H3,(H,14,16). The highest BCUT2D eigenvalue weighted by Gasteiger charge is 2.27. The highest BCUT2D eigenvalue weighted by Crippen LogP contribution is 2.12. The molecule has 16 heavy (non-hydrogen) atoms. The van der Waals surface area contributed by atoms with Crippen LogP contribution in [0.1, 0.15) is 13.8 Å². The number of nitrogens with one attached hydrogen (secondary N) is 2. The second kappa shape index (κ2) is 6.05. The van der Waals surface area contributed by atoms with Gasteiger partial charge in [0.25, 0.3) is 0 Å². The van der Waals surface area contributed by atoms with Crippen molar-refractivity contribution in [3.05, 3.63) is 0 Å². The Hall–Kier alpha value is -0.820. The van der Waals surface area contributed by atoms with Crippen LogP contribution in [0.3, 0.4) is 0 Å². The summed E-state index contributed by atoms with van der Waals surface area (Å²) in [6.07, 6.45) is -4.39. The topological polar surface area (TPSA) is 61.4 Å². The lowest BCUT2D eigenvalue weighted by Gasteiger charge is -2.21. The average Bonchev–Trinajstić information content (AvgIpc) is 2.13. The van der Waals surface area contributed by atoms with Crippen LogP contribution in [0.5, 0.6) is 0 Å². The van der Waals surface area contributed by atoms with Crippen LogP contribution in [0.25, 0.3) is 0 Å². The first-order chi connectivity index (χ1) is 7.16. The van der Waals surface area contributed by atoms with E-state index in [0.29, 0.717) is 6.54 Å². The van der Waals surface area contributed by atoms with E-state index < -0.39 is 24.0 Å². The minimum absolute atomic E-state index is 0.0653. The molecule has 4 nitrogen and oxygen atoms in total. The van der Waals surface area contributed by atoms with E-state index >= 15 is 0 Å². The first-order valence-corrected chi connectivity index (χ1v) is 4.81. The van der Waals surface area contributed by atoms with Gasteiger partial charge in [-0.25, -0.2) is 0 Å². The molecule has 0 aromatic carbocycles. The third kappa shape index (κ3) is 8.49. The Morgan fingerprint density at radius 1 is 1.25 bits per heavy atom. The number of carbonyl (C=O) groups excluding carboxylic acids is 1. The summed E-state index contributed by atoms with van der Waals surface area (Å²) in [4.78, 5) is 10.9. The van der Waals surface area contributed by atoms with Crippen LogP contribution in [0, 0.1) is 5.41 Å². The first kappa shape index (κ1) is 15.2. The molecule has 1 amide bonds. The van der Waals surface area contributed by atoms with Crippen molar-refractivity contribution in [3.8, 4) is 0 Å². The van der Waals surface area contributed by atoms with Gasteiger partial charge in [0.05, 0.1) is 6.54 Å². The molecule has 7 heteroatoms. The molecule has 0 aliphatic rings. The number of carbonyl (C=O) groups is 1. The Morgan fingerprint density at radius 2 is 1.81 bits per heavy atom. The maximum atomic E-state index is 11.7. The smallest absolute Gasteiger partial charge is 0.396 e. The largest absolute Gasteiger partial charge is 0.405 e. The molecule has 0 aliphatic heterocycles. The number of hydrogen-bond donors (Lipinski definition) is 3. The molecule has 0 atom stereocenters. The lowest BCUT2D eigenvalue weighted by atomic mass is 9.95. The zero-order chi connectivity index (χ0) is 12.8. The molecule has 96 valence electrons. The number of alkyl halides is 3. The monoisotopic (exact) mass is 242 g/mol. The second-order valence-electron chi connectivity index (χ2n) is 4.32. The zero-order valence-corrected chi connectivity index (χ0v) is 9.32. The summed E-state index contributed by atoms with van der Waals surface area (Å²) >= 11 is 0. The van der Waals surface area contributed by atoms with Gasteiger partial charge in [-0.2, -0.15) is 13.2 Å². The van der Waals surface area contributed by atoms with E-state index in [4.69, 9.17) is 5.11 Å². The average molecular weight is 242 g/mol. The summed E-state index contributed by atoms with van der Waals surface area (Å²) in [5.74, 6) is -0.717. The van der Waals surface area contributed by atoms with Crippen molar-refractivity contribution >= 4 is 5.91 Å². The van der Waals surface area contributed by atoms with Crippen molar-refractivity contribution in [2.24, 2.45) is 5.41 Å². The molecule has 0 unspecified atom stereocenters. The normalized spacial score (nSPS) is 12.6. The first-order valence-electron chi connectivity index (χ1n) is 4.81. The molecule has 0 bridgehead atoms. The number of halogens is 3. The van der Waals surface area contributed by atoms with E-state index in [1.54, 1.807) is 19.2 Å². The summed E-state index contributed by atoms with van der Waals surface area (Å²) in [6.45, 7) is 2.31. The van der Waals surface area contributed by atoms with Crippen molar-refractivity contribution in [3.63, 3.8) is 0 Å². The molecule has 0 spiro atoms. The molecule has 0 aromatic heterocycles. The summed E-state index contributed by atoms with van der Waals surface area (Å²) in [5.41, 5.74) is -0.399. The van der Waals surface area contributed by atoms with Crippen LogP contribution in [0.2, 0.25) is 0 Å². The number of hydrogen-bond acceptors (Lipinski definition) is 3. The van der Waals surface area contributed by atoms with Gasteiger partial charge < -0.3 is 15.7 Å². The van der Waals surface area contributed by atoms with E-state index in [9.17, 15) is 18.0 Å². The van der Waals surface area contributed by atoms with Crippen molar-refractivity contribution in [1.29, 1.82) is 0 Å². The fourth-order valence-electron chi connectivity index (χ4n) is 0.832. The van der Waals surface area contributed by atoms with Gasteiger partial charge in [0.1, 0.15) is 6.54 Å². The van der Waals surface area contributed by atoms with Crippen molar-refractivity contribution < 1.29 is 23.1 Å². The number of amides is 1. The van der Waals surface area contributed by atoms with Crippen molar-refractivity contribution in [1.82, 2.24) is 10.6 Å². The third-order valence-electron chi connectivity index (χ3n) is 1.80. The quantitative estimate of drug-likeness (QED) is 0.626. The molecule has 0 rings (SSSR count). The SMILES string of the molecule is CC(C)(CO)CNCC(=O)NCC(F)(F)F.